The Morgan fingerprint density at radius 1 is 1.03 bits per heavy atom. The van der Waals surface area contributed by atoms with Crippen molar-refractivity contribution in [3.05, 3.63) is 54.8 Å². The van der Waals surface area contributed by atoms with Gasteiger partial charge in [-0.3, -0.25) is 4.57 Å². The molecule has 148 valence electrons. The summed E-state index contributed by atoms with van der Waals surface area (Å²) in [6, 6.07) is 11.9. The van der Waals surface area contributed by atoms with E-state index in [1.165, 1.54) is 19.3 Å². The van der Waals surface area contributed by atoms with E-state index < -0.39 is 0 Å². The third-order valence-electron chi connectivity index (χ3n) is 6.05. The van der Waals surface area contributed by atoms with Crippen molar-refractivity contribution in [2.75, 3.05) is 6.54 Å². The van der Waals surface area contributed by atoms with Gasteiger partial charge in [-0.15, -0.1) is 0 Å². The minimum Gasteiger partial charge on any atom is -0.339 e. The number of rotatable bonds is 5. The predicted molar refractivity (Wildman–Crippen MR) is 110 cm³/mol. The normalized spacial score (nSPS) is 16.3. The molecule has 3 heterocycles. The van der Waals surface area contributed by atoms with E-state index in [9.17, 15) is 0 Å². The average Bonchev–Trinajstić information content (AvgIpc) is 3.42. The number of nitrogens with zero attached hydrogens (tertiary/aromatic N) is 5. The fourth-order valence-electron chi connectivity index (χ4n) is 4.32. The summed E-state index contributed by atoms with van der Waals surface area (Å²) in [5, 5.41) is 4.17. The maximum Gasteiger partial charge on any atom is 0.227 e. The molecule has 0 unspecified atom stereocenters. The molecule has 7 nitrogen and oxygen atoms in total. The van der Waals surface area contributed by atoms with E-state index in [0.29, 0.717) is 18.3 Å². The highest BCUT2D eigenvalue weighted by atomic mass is 16.5. The highest BCUT2D eigenvalue weighted by molar-refractivity contribution is 5.76. The fraction of sp³-hybridized carbons (Fsp3) is 0.364. The van der Waals surface area contributed by atoms with Crippen LogP contribution in [-0.4, -0.2) is 31.2 Å². The van der Waals surface area contributed by atoms with E-state index in [1.807, 2.05) is 41.0 Å². The number of benzene rings is 1. The Morgan fingerprint density at radius 3 is 2.69 bits per heavy atom. The molecular formula is C22H24N6O. The summed E-state index contributed by atoms with van der Waals surface area (Å²) >= 11 is 0. The van der Waals surface area contributed by atoms with Crippen LogP contribution < -0.4 is 5.73 Å². The molecule has 0 spiro atoms. The van der Waals surface area contributed by atoms with E-state index in [4.69, 9.17) is 10.3 Å². The van der Waals surface area contributed by atoms with Gasteiger partial charge in [0.05, 0.1) is 11.0 Å². The van der Waals surface area contributed by atoms with Gasteiger partial charge in [0.15, 0.2) is 0 Å². The maximum absolute atomic E-state index is 6.10. The van der Waals surface area contributed by atoms with Crippen LogP contribution in [-0.2, 0) is 6.42 Å². The summed E-state index contributed by atoms with van der Waals surface area (Å²) in [6.07, 6.45) is 10.3. The standard InChI is InChI=1S/C22H24N6O/c23-14-22(10-4-1-5-11-22)12-20-26-21(27-29-20)16-8-9-19(24-13-16)28-15-25-17-6-2-3-7-18(17)28/h2-3,6-9,13,15H,1,4-5,10-12,14,23H2. The first-order valence-electron chi connectivity index (χ1n) is 10.2. The molecule has 1 aromatic carbocycles. The van der Waals surface area contributed by atoms with Crippen LogP contribution in [0.25, 0.3) is 28.2 Å². The largest absolute Gasteiger partial charge is 0.339 e. The first-order chi connectivity index (χ1) is 14.3. The van der Waals surface area contributed by atoms with Crippen LogP contribution in [0.15, 0.2) is 53.4 Å². The SMILES string of the molecule is NCC1(Cc2nc(-c3ccc(-n4cnc5ccccc54)nc3)no2)CCCCC1. The zero-order valence-corrected chi connectivity index (χ0v) is 16.3. The first-order valence-corrected chi connectivity index (χ1v) is 10.2. The second kappa shape index (κ2) is 7.40. The molecule has 1 aliphatic carbocycles. The van der Waals surface area contributed by atoms with Crippen molar-refractivity contribution in [3.8, 4) is 17.2 Å². The predicted octanol–water partition coefficient (Wildman–Crippen LogP) is 3.92. The van der Waals surface area contributed by atoms with Crippen LogP contribution in [0.2, 0.25) is 0 Å². The van der Waals surface area contributed by atoms with Crippen molar-refractivity contribution >= 4 is 11.0 Å². The van der Waals surface area contributed by atoms with Gasteiger partial charge in [0.1, 0.15) is 12.1 Å². The minimum atomic E-state index is 0.104. The highest BCUT2D eigenvalue weighted by Gasteiger charge is 2.33. The summed E-state index contributed by atoms with van der Waals surface area (Å²) in [7, 11) is 0. The smallest absolute Gasteiger partial charge is 0.227 e. The van der Waals surface area contributed by atoms with Crippen molar-refractivity contribution in [1.82, 2.24) is 24.7 Å². The topological polar surface area (TPSA) is 95.7 Å². The number of nitrogens with two attached hydrogens (primary N) is 1. The molecule has 2 N–H and O–H groups in total. The van der Waals surface area contributed by atoms with Crippen molar-refractivity contribution in [2.45, 2.75) is 38.5 Å². The second-order valence-corrected chi connectivity index (χ2v) is 7.96. The third kappa shape index (κ3) is 3.42. The summed E-state index contributed by atoms with van der Waals surface area (Å²) in [4.78, 5) is 13.6. The van der Waals surface area contributed by atoms with Gasteiger partial charge in [0.2, 0.25) is 11.7 Å². The Balaban J connectivity index is 1.37. The number of pyridine rings is 1. The zero-order valence-electron chi connectivity index (χ0n) is 16.3. The fourth-order valence-corrected chi connectivity index (χ4v) is 4.32. The molecule has 3 aromatic heterocycles. The molecule has 0 saturated heterocycles. The van der Waals surface area contributed by atoms with Crippen molar-refractivity contribution < 1.29 is 4.52 Å². The third-order valence-corrected chi connectivity index (χ3v) is 6.05. The van der Waals surface area contributed by atoms with Gasteiger partial charge in [-0.05, 0) is 49.1 Å². The molecule has 1 saturated carbocycles. The number of hydrogen-bond donors (Lipinski definition) is 1. The van der Waals surface area contributed by atoms with Gasteiger partial charge < -0.3 is 10.3 Å². The molecule has 0 radical (unpaired) electrons. The van der Waals surface area contributed by atoms with Crippen molar-refractivity contribution in [1.29, 1.82) is 0 Å². The summed E-state index contributed by atoms with van der Waals surface area (Å²) in [5.41, 5.74) is 9.00. The second-order valence-electron chi connectivity index (χ2n) is 7.96. The van der Waals surface area contributed by atoms with E-state index >= 15 is 0 Å². The molecule has 0 atom stereocenters. The van der Waals surface area contributed by atoms with Crippen LogP contribution in [0, 0.1) is 5.41 Å². The zero-order chi connectivity index (χ0) is 19.7. The number of aromatic nitrogens is 5. The van der Waals surface area contributed by atoms with Crippen LogP contribution in [0.3, 0.4) is 0 Å². The van der Waals surface area contributed by atoms with Gasteiger partial charge >= 0.3 is 0 Å². The molecular weight excluding hydrogens is 364 g/mol. The summed E-state index contributed by atoms with van der Waals surface area (Å²) in [5.74, 6) is 2.03. The van der Waals surface area contributed by atoms with Gasteiger partial charge in [-0.2, -0.15) is 4.98 Å². The van der Waals surface area contributed by atoms with Crippen LogP contribution in [0.1, 0.15) is 38.0 Å². The van der Waals surface area contributed by atoms with Gasteiger partial charge in [-0.1, -0.05) is 36.6 Å². The number of imidazole rings is 1. The van der Waals surface area contributed by atoms with Crippen LogP contribution >= 0.6 is 0 Å². The molecule has 0 amide bonds. The highest BCUT2D eigenvalue weighted by Crippen LogP contribution is 2.38. The average molecular weight is 388 g/mol. The van der Waals surface area contributed by atoms with Gasteiger partial charge in [0, 0.05) is 18.2 Å². The Hall–Kier alpha value is -3.06. The van der Waals surface area contributed by atoms with Crippen LogP contribution in [0.4, 0.5) is 0 Å². The van der Waals surface area contributed by atoms with Crippen molar-refractivity contribution in [2.24, 2.45) is 11.1 Å². The lowest BCUT2D eigenvalue weighted by Crippen LogP contribution is -2.35. The van der Waals surface area contributed by atoms with Gasteiger partial charge in [0.25, 0.3) is 0 Å². The van der Waals surface area contributed by atoms with Gasteiger partial charge in [-0.25, -0.2) is 9.97 Å². The molecule has 0 aliphatic heterocycles. The maximum atomic E-state index is 6.10. The summed E-state index contributed by atoms with van der Waals surface area (Å²) in [6.45, 7) is 0.666. The van der Waals surface area contributed by atoms with E-state index in [2.05, 4.69) is 20.1 Å². The Labute approximate surface area is 169 Å². The molecule has 1 aliphatic rings. The van der Waals surface area contributed by atoms with Crippen molar-refractivity contribution in [3.63, 3.8) is 0 Å². The lowest BCUT2D eigenvalue weighted by Gasteiger charge is -2.34. The molecule has 29 heavy (non-hydrogen) atoms. The quantitative estimate of drug-likeness (QED) is 0.557. The van der Waals surface area contributed by atoms with Crippen LogP contribution in [0.5, 0.6) is 0 Å². The minimum absolute atomic E-state index is 0.104. The summed E-state index contributed by atoms with van der Waals surface area (Å²) < 4.78 is 7.52. The Bertz CT molecular complexity index is 1110. The number of fused-ring (bicyclic) bond motifs is 1. The van der Waals surface area contributed by atoms with E-state index in [1.54, 1.807) is 12.5 Å². The Kier molecular flexibility index (Phi) is 4.60. The number of hydrogen-bond acceptors (Lipinski definition) is 6. The number of para-hydroxylation sites is 2. The lowest BCUT2D eigenvalue weighted by molar-refractivity contribution is 0.177. The first kappa shape index (κ1) is 18.0. The van der Waals surface area contributed by atoms with E-state index in [-0.39, 0.29) is 5.41 Å². The molecule has 4 aromatic rings. The lowest BCUT2D eigenvalue weighted by atomic mass is 9.72. The van der Waals surface area contributed by atoms with E-state index in [0.717, 1.165) is 41.7 Å². The monoisotopic (exact) mass is 388 g/mol. The molecule has 7 heteroatoms. The molecule has 5 rings (SSSR count). The molecule has 0 bridgehead atoms. The Morgan fingerprint density at radius 2 is 1.90 bits per heavy atom. The molecule has 1 fully saturated rings.